The highest BCUT2D eigenvalue weighted by Crippen LogP contribution is 2.18. The van der Waals surface area contributed by atoms with Crippen molar-refractivity contribution in [1.29, 1.82) is 0 Å². The summed E-state index contributed by atoms with van der Waals surface area (Å²) in [5.41, 5.74) is 0. The first-order valence-corrected chi connectivity index (χ1v) is 35.1. The summed E-state index contributed by atoms with van der Waals surface area (Å²) in [6, 6.07) is 0. The van der Waals surface area contributed by atoms with Gasteiger partial charge in [-0.05, 0) is 96.3 Å². The molecule has 1 atom stereocenters. The van der Waals surface area contributed by atoms with E-state index in [0.29, 0.717) is 12.8 Å². The van der Waals surface area contributed by atoms with Crippen LogP contribution in [0.15, 0.2) is 85.1 Å². The van der Waals surface area contributed by atoms with Gasteiger partial charge in [0.25, 0.3) is 0 Å². The van der Waals surface area contributed by atoms with E-state index in [1.165, 1.54) is 205 Å². The molecule has 0 aliphatic carbocycles. The van der Waals surface area contributed by atoms with Crippen LogP contribution in [-0.4, -0.2) is 37.2 Å². The highest BCUT2D eigenvalue weighted by molar-refractivity contribution is 5.71. The normalized spacial score (nSPS) is 12.6. The van der Waals surface area contributed by atoms with E-state index >= 15 is 0 Å². The van der Waals surface area contributed by atoms with Gasteiger partial charge in [-0.2, -0.15) is 0 Å². The molecule has 0 amide bonds. The Morgan fingerprint density at radius 3 is 0.790 bits per heavy atom. The first-order chi connectivity index (χ1) is 40.0. The van der Waals surface area contributed by atoms with Gasteiger partial charge >= 0.3 is 17.9 Å². The molecule has 0 radical (unpaired) electrons. The number of hydrogen-bond acceptors (Lipinski definition) is 6. The molecule has 0 aliphatic heterocycles. The van der Waals surface area contributed by atoms with Crippen molar-refractivity contribution in [2.24, 2.45) is 0 Å². The van der Waals surface area contributed by atoms with Crippen molar-refractivity contribution in [3.63, 3.8) is 0 Å². The first kappa shape index (κ1) is 77.6. The van der Waals surface area contributed by atoms with Gasteiger partial charge in [0.15, 0.2) is 6.10 Å². The minimum Gasteiger partial charge on any atom is -0.462 e. The Kier molecular flexibility index (Phi) is 66.2. The average molecular weight is 1130 g/mol. The summed E-state index contributed by atoms with van der Waals surface area (Å²) >= 11 is 0. The SMILES string of the molecule is CC/C=C\C/C=C\C/C=C\C/C=C\C/C=C\CCCCCC(=O)OC(COC(=O)CCCCCCCCC/C=C\C/C=C\CCCCC)COC(=O)CCCCCCCCCCCCCCCCCCCCCCCCCCCCC. The van der Waals surface area contributed by atoms with E-state index in [0.717, 1.165) is 109 Å². The van der Waals surface area contributed by atoms with Gasteiger partial charge in [0, 0.05) is 19.3 Å². The maximum Gasteiger partial charge on any atom is 0.306 e. The summed E-state index contributed by atoms with van der Waals surface area (Å²) in [5, 5.41) is 0. The Morgan fingerprint density at radius 1 is 0.259 bits per heavy atom. The molecule has 0 N–H and O–H groups in total. The lowest BCUT2D eigenvalue weighted by Gasteiger charge is -2.18. The molecule has 0 saturated carbocycles. The summed E-state index contributed by atoms with van der Waals surface area (Å²) in [6.45, 7) is 6.52. The Hall–Kier alpha value is -3.41. The van der Waals surface area contributed by atoms with Crippen LogP contribution in [0, 0.1) is 0 Å². The summed E-state index contributed by atoms with van der Waals surface area (Å²) in [5.74, 6) is -0.913. The molecule has 0 spiro atoms. The fourth-order valence-corrected chi connectivity index (χ4v) is 10.2. The highest BCUT2D eigenvalue weighted by Gasteiger charge is 2.19. The van der Waals surface area contributed by atoms with E-state index in [1.54, 1.807) is 0 Å². The second kappa shape index (κ2) is 69.1. The lowest BCUT2D eigenvalue weighted by molar-refractivity contribution is -0.167. The third-order valence-corrected chi connectivity index (χ3v) is 15.4. The van der Waals surface area contributed by atoms with E-state index in [1.807, 2.05) is 0 Å². The topological polar surface area (TPSA) is 78.9 Å². The number of carbonyl (C=O) groups excluding carboxylic acids is 3. The summed E-state index contributed by atoms with van der Waals surface area (Å²) in [7, 11) is 0. The molecule has 0 aliphatic rings. The molecule has 468 valence electrons. The van der Waals surface area contributed by atoms with Gasteiger partial charge in [-0.25, -0.2) is 0 Å². The Balaban J connectivity index is 4.33. The zero-order valence-electron chi connectivity index (χ0n) is 53.8. The quantitative estimate of drug-likeness (QED) is 0.0261. The van der Waals surface area contributed by atoms with Crippen molar-refractivity contribution in [2.75, 3.05) is 13.2 Å². The van der Waals surface area contributed by atoms with Crippen molar-refractivity contribution < 1.29 is 28.6 Å². The van der Waals surface area contributed by atoms with Crippen molar-refractivity contribution in [1.82, 2.24) is 0 Å². The number of esters is 3. The molecule has 6 heteroatoms. The zero-order chi connectivity index (χ0) is 58.5. The van der Waals surface area contributed by atoms with E-state index in [-0.39, 0.29) is 37.5 Å². The Morgan fingerprint density at radius 2 is 0.481 bits per heavy atom. The molecule has 1 unspecified atom stereocenters. The van der Waals surface area contributed by atoms with Crippen molar-refractivity contribution in [3.05, 3.63) is 85.1 Å². The van der Waals surface area contributed by atoms with Crippen molar-refractivity contribution in [3.8, 4) is 0 Å². The van der Waals surface area contributed by atoms with Crippen LogP contribution < -0.4 is 0 Å². The largest absolute Gasteiger partial charge is 0.462 e. The van der Waals surface area contributed by atoms with Crippen LogP contribution in [0.2, 0.25) is 0 Å². The first-order valence-electron chi connectivity index (χ1n) is 35.1. The van der Waals surface area contributed by atoms with Crippen LogP contribution in [-0.2, 0) is 28.6 Å². The van der Waals surface area contributed by atoms with Crippen LogP contribution in [0.3, 0.4) is 0 Å². The molecule has 0 saturated heterocycles. The third kappa shape index (κ3) is 67.3. The van der Waals surface area contributed by atoms with Crippen LogP contribution in [0.5, 0.6) is 0 Å². The standard InChI is InChI=1S/C75H132O6/c1-4-7-10-13-16-19-22-25-28-31-33-34-35-36-37-38-39-40-42-44-47-50-53-56-59-62-65-68-74(77)80-71-72(70-79-73(76)67-64-61-58-55-52-49-46-43-30-27-24-21-18-15-12-9-6-3)81-75(78)69-66-63-60-57-54-51-48-45-41-32-29-26-23-20-17-14-11-8-5-2/h8,11,17-18,20-21,26-27,29-30,41,45,51,54,72H,4-7,9-10,12-16,19,22-25,28,31-40,42-44,46-50,52-53,55-71H2,1-3H3/b11-8-,20-17-,21-18-,29-26-,30-27-,45-41-,54-51-. The Bertz CT molecular complexity index is 1530. The second-order valence-corrected chi connectivity index (χ2v) is 23.4. The molecule has 6 nitrogen and oxygen atoms in total. The predicted molar refractivity (Wildman–Crippen MR) is 353 cm³/mol. The summed E-state index contributed by atoms with van der Waals surface area (Å²) in [4.78, 5) is 38.4. The molecular weight excluding hydrogens is 997 g/mol. The third-order valence-electron chi connectivity index (χ3n) is 15.4. The molecule has 0 fully saturated rings. The fraction of sp³-hybridized carbons (Fsp3) is 0.773. The summed E-state index contributed by atoms with van der Waals surface area (Å²) in [6.07, 6.45) is 91.8. The lowest BCUT2D eigenvalue weighted by Crippen LogP contribution is -2.30. The monoisotopic (exact) mass is 1130 g/mol. The maximum absolute atomic E-state index is 12.9. The van der Waals surface area contributed by atoms with E-state index in [2.05, 4.69) is 106 Å². The van der Waals surface area contributed by atoms with Gasteiger partial charge in [-0.3, -0.25) is 14.4 Å². The lowest BCUT2D eigenvalue weighted by atomic mass is 10.0. The van der Waals surface area contributed by atoms with E-state index in [4.69, 9.17) is 14.2 Å². The zero-order valence-corrected chi connectivity index (χ0v) is 53.8. The molecule has 0 rings (SSSR count). The van der Waals surface area contributed by atoms with Gasteiger partial charge in [0.05, 0.1) is 0 Å². The van der Waals surface area contributed by atoms with Crippen molar-refractivity contribution in [2.45, 2.75) is 361 Å². The number of carbonyl (C=O) groups is 3. The molecule has 0 heterocycles. The van der Waals surface area contributed by atoms with Crippen molar-refractivity contribution >= 4 is 17.9 Å². The van der Waals surface area contributed by atoms with E-state index < -0.39 is 6.10 Å². The van der Waals surface area contributed by atoms with Gasteiger partial charge in [-0.1, -0.05) is 324 Å². The van der Waals surface area contributed by atoms with Crippen LogP contribution in [0.4, 0.5) is 0 Å². The smallest absolute Gasteiger partial charge is 0.306 e. The van der Waals surface area contributed by atoms with Crippen LogP contribution in [0.25, 0.3) is 0 Å². The molecular formula is C75H132O6. The minimum absolute atomic E-state index is 0.0899. The minimum atomic E-state index is -0.799. The molecule has 0 aromatic rings. The molecule has 0 bridgehead atoms. The highest BCUT2D eigenvalue weighted by atomic mass is 16.6. The fourth-order valence-electron chi connectivity index (χ4n) is 10.2. The number of allylic oxidation sites excluding steroid dienone is 14. The van der Waals surface area contributed by atoms with Gasteiger partial charge in [0.2, 0.25) is 0 Å². The van der Waals surface area contributed by atoms with E-state index in [9.17, 15) is 14.4 Å². The second-order valence-electron chi connectivity index (χ2n) is 23.4. The van der Waals surface area contributed by atoms with Crippen LogP contribution >= 0.6 is 0 Å². The van der Waals surface area contributed by atoms with Gasteiger partial charge in [0.1, 0.15) is 13.2 Å². The maximum atomic E-state index is 12.9. The number of unbranched alkanes of at least 4 members (excludes halogenated alkanes) is 39. The molecule has 0 aromatic heterocycles. The molecule has 0 aromatic carbocycles. The predicted octanol–water partition coefficient (Wildman–Crippen LogP) is 24.2. The van der Waals surface area contributed by atoms with Crippen LogP contribution in [0.1, 0.15) is 355 Å². The Labute approximate surface area is 503 Å². The average Bonchev–Trinajstić information content (AvgIpc) is 3.47. The van der Waals surface area contributed by atoms with Gasteiger partial charge in [-0.15, -0.1) is 0 Å². The van der Waals surface area contributed by atoms with Gasteiger partial charge < -0.3 is 14.2 Å². The number of ether oxygens (including phenoxy) is 3. The number of hydrogen-bond donors (Lipinski definition) is 0. The molecule has 81 heavy (non-hydrogen) atoms. The number of rotatable bonds is 64. The summed E-state index contributed by atoms with van der Waals surface area (Å²) < 4.78 is 17.0.